The van der Waals surface area contributed by atoms with Crippen molar-refractivity contribution in [2.24, 2.45) is 0 Å². The smallest absolute Gasteiger partial charge is 0.262 e. The van der Waals surface area contributed by atoms with Gasteiger partial charge >= 0.3 is 0 Å². The van der Waals surface area contributed by atoms with E-state index in [0.717, 1.165) is 22.0 Å². The van der Waals surface area contributed by atoms with Crippen LogP contribution in [0.25, 0.3) is 0 Å². The molecule has 3 rings (SSSR count). The summed E-state index contributed by atoms with van der Waals surface area (Å²) in [5.41, 5.74) is 1.83. The maximum atomic E-state index is 11.3. The van der Waals surface area contributed by atoms with Crippen LogP contribution in [0.1, 0.15) is 23.5 Å². The number of carbonyl (C=O) groups is 1. The molecule has 1 aliphatic heterocycles. The van der Waals surface area contributed by atoms with E-state index in [1.165, 1.54) is 0 Å². The Balaban J connectivity index is 1.66. The molecule has 1 atom stereocenters. The zero-order valence-electron chi connectivity index (χ0n) is 11.1. The second-order valence-electron chi connectivity index (χ2n) is 4.64. The maximum Gasteiger partial charge on any atom is 0.262 e. The number of rotatable bonds is 4. The molecule has 1 amide bonds. The van der Waals surface area contributed by atoms with Crippen LogP contribution in [-0.4, -0.2) is 17.5 Å². The summed E-state index contributed by atoms with van der Waals surface area (Å²) in [7, 11) is 0. The average Bonchev–Trinajstić information content (AvgIpc) is 2.98. The van der Waals surface area contributed by atoms with Gasteiger partial charge in [-0.15, -0.1) is 11.3 Å². The monoisotopic (exact) mass is 289 g/mol. The van der Waals surface area contributed by atoms with Gasteiger partial charge in [-0.2, -0.15) is 0 Å². The molecule has 5 nitrogen and oxygen atoms in total. The zero-order valence-corrected chi connectivity index (χ0v) is 11.9. The summed E-state index contributed by atoms with van der Waals surface area (Å²) in [6.45, 7) is 2.89. The van der Waals surface area contributed by atoms with Gasteiger partial charge in [-0.05, 0) is 24.6 Å². The lowest BCUT2D eigenvalue weighted by atomic mass is 10.1. The molecule has 20 heavy (non-hydrogen) atoms. The molecule has 2 heterocycles. The molecular formula is C14H15N3O2S. The van der Waals surface area contributed by atoms with Gasteiger partial charge in [-0.25, -0.2) is 4.98 Å². The number of aromatic nitrogens is 1. The molecule has 1 aromatic carbocycles. The lowest BCUT2D eigenvalue weighted by molar-refractivity contribution is -0.118. The molecule has 1 unspecified atom stereocenters. The summed E-state index contributed by atoms with van der Waals surface area (Å²) >= 11 is 1.64. The topological polar surface area (TPSA) is 63.2 Å². The Morgan fingerprint density at radius 1 is 1.55 bits per heavy atom. The highest BCUT2D eigenvalue weighted by molar-refractivity contribution is 7.09. The van der Waals surface area contributed by atoms with Crippen molar-refractivity contribution in [3.63, 3.8) is 0 Å². The van der Waals surface area contributed by atoms with Crippen molar-refractivity contribution in [2.45, 2.75) is 19.5 Å². The number of ether oxygens (including phenoxy) is 1. The van der Waals surface area contributed by atoms with E-state index in [1.54, 1.807) is 11.3 Å². The summed E-state index contributed by atoms with van der Waals surface area (Å²) in [5.74, 6) is 0.611. The van der Waals surface area contributed by atoms with Crippen molar-refractivity contribution in [2.75, 3.05) is 11.9 Å². The summed E-state index contributed by atoms with van der Waals surface area (Å²) < 4.78 is 5.33. The van der Waals surface area contributed by atoms with Crippen LogP contribution in [0.3, 0.4) is 0 Å². The van der Waals surface area contributed by atoms with E-state index < -0.39 is 0 Å². The molecule has 2 N–H and O–H groups in total. The van der Waals surface area contributed by atoms with Gasteiger partial charge in [-0.1, -0.05) is 6.07 Å². The van der Waals surface area contributed by atoms with E-state index in [0.29, 0.717) is 6.54 Å². The molecule has 0 spiro atoms. The number of amides is 1. The maximum absolute atomic E-state index is 11.3. The molecule has 2 aromatic rings. The lowest BCUT2D eigenvalue weighted by Crippen LogP contribution is -2.25. The zero-order chi connectivity index (χ0) is 13.9. The third kappa shape index (κ3) is 2.81. The van der Waals surface area contributed by atoms with Crippen LogP contribution in [0.4, 0.5) is 5.69 Å². The van der Waals surface area contributed by atoms with Crippen LogP contribution in [0, 0.1) is 0 Å². The first-order chi connectivity index (χ1) is 9.72. The molecule has 0 radical (unpaired) electrons. The number of benzene rings is 1. The SMILES string of the molecule is CC(NCc1ccc2c(c1)NC(=O)CO2)c1nccs1. The third-order valence-corrected chi connectivity index (χ3v) is 4.07. The van der Waals surface area contributed by atoms with Gasteiger partial charge < -0.3 is 15.4 Å². The minimum Gasteiger partial charge on any atom is -0.482 e. The molecule has 0 aliphatic carbocycles. The van der Waals surface area contributed by atoms with Gasteiger partial charge in [0.1, 0.15) is 10.8 Å². The summed E-state index contributed by atoms with van der Waals surface area (Å²) in [4.78, 5) is 15.6. The first-order valence-corrected chi connectivity index (χ1v) is 7.28. The molecular weight excluding hydrogens is 274 g/mol. The molecule has 6 heteroatoms. The van der Waals surface area contributed by atoms with Gasteiger partial charge in [0.2, 0.25) is 0 Å². The first-order valence-electron chi connectivity index (χ1n) is 6.41. The quantitative estimate of drug-likeness (QED) is 0.906. The summed E-state index contributed by atoms with van der Waals surface area (Å²) in [6, 6.07) is 6.03. The highest BCUT2D eigenvalue weighted by Gasteiger charge is 2.16. The van der Waals surface area contributed by atoms with Gasteiger partial charge in [0.05, 0.1) is 11.7 Å². The van der Waals surface area contributed by atoms with Crippen LogP contribution >= 0.6 is 11.3 Å². The van der Waals surface area contributed by atoms with E-state index in [1.807, 2.05) is 29.8 Å². The van der Waals surface area contributed by atoms with Crippen LogP contribution in [0.5, 0.6) is 5.75 Å². The number of nitrogens with one attached hydrogen (secondary N) is 2. The molecule has 1 aromatic heterocycles. The standard InChI is InChI=1S/C14H15N3O2S/c1-9(14-15-4-5-20-14)16-7-10-2-3-12-11(6-10)17-13(18)8-19-12/h2-6,9,16H,7-8H2,1H3,(H,17,18). The van der Waals surface area contributed by atoms with Crippen molar-refractivity contribution in [3.05, 3.63) is 40.3 Å². The first kappa shape index (κ1) is 13.1. The van der Waals surface area contributed by atoms with E-state index in [2.05, 4.69) is 22.5 Å². The molecule has 0 bridgehead atoms. The van der Waals surface area contributed by atoms with Gasteiger partial charge in [-0.3, -0.25) is 4.79 Å². The van der Waals surface area contributed by atoms with Crippen molar-refractivity contribution >= 4 is 22.9 Å². The number of anilines is 1. The van der Waals surface area contributed by atoms with Crippen molar-refractivity contribution in [1.29, 1.82) is 0 Å². The Hall–Kier alpha value is -1.92. The normalized spacial score (nSPS) is 15.2. The fraction of sp³-hybridized carbons (Fsp3) is 0.286. The van der Waals surface area contributed by atoms with E-state index >= 15 is 0 Å². The largest absolute Gasteiger partial charge is 0.482 e. The summed E-state index contributed by atoms with van der Waals surface area (Å²) in [5, 5.41) is 9.27. The average molecular weight is 289 g/mol. The van der Waals surface area contributed by atoms with Gasteiger partial charge in [0.25, 0.3) is 5.91 Å². The number of fused-ring (bicyclic) bond motifs is 1. The second-order valence-corrected chi connectivity index (χ2v) is 5.57. The fourth-order valence-electron chi connectivity index (χ4n) is 2.05. The van der Waals surface area contributed by atoms with E-state index in [9.17, 15) is 4.79 Å². The van der Waals surface area contributed by atoms with Crippen molar-refractivity contribution in [3.8, 4) is 5.75 Å². The minimum absolute atomic E-state index is 0.0890. The Labute approximate surface area is 121 Å². The van der Waals surface area contributed by atoms with Gasteiger partial charge in [0.15, 0.2) is 6.61 Å². The molecule has 0 fully saturated rings. The number of thiazole rings is 1. The lowest BCUT2D eigenvalue weighted by Gasteiger charge is -2.19. The Kier molecular flexibility index (Phi) is 3.66. The minimum atomic E-state index is -0.112. The van der Waals surface area contributed by atoms with Crippen LogP contribution in [-0.2, 0) is 11.3 Å². The Morgan fingerprint density at radius 2 is 2.45 bits per heavy atom. The van der Waals surface area contributed by atoms with Crippen LogP contribution in [0.15, 0.2) is 29.8 Å². The number of hydrogen-bond acceptors (Lipinski definition) is 5. The Morgan fingerprint density at radius 3 is 3.25 bits per heavy atom. The second kappa shape index (κ2) is 5.60. The highest BCUT2D eigenvalue weighted by Crippen LogP contribution is 2.28. The third-order valence-electron chi connectivity index (χ3n) is 3.11. The van der Waals surface area contributed by atoms with Gasteiger partial charge in [0, 0.05) is 18.1 Å². The van der Waals surface area contributed by atoms with E-state index in [-0.39, 0.29) is 18.6 Å². The number of carbonyl (C=O) groups excluding carboxylic acids is 1. The molecule has 0 saturated carbocycles. The summed E-state index contributed by atoms with van der Waals surface area (Å²) in [6.07, 6.45) is 1.81. The fourth-order valence-corrected chi connectivity index (χ4v) is 2.72. The predicted octanol–water partition coefficient (Wildman–Crippen LogP) is 2.32. The molecule has 1 aliphatic rings. The van der Waals surface area contributed by atoms with Crippen LogP contribution < -0.4 is 15.4 Å². The Bertz CT molecular complexity index is 613. The van der Waals surface area contributed by atoms with E-state index in [4.69, 9.17) is 4.74 Å². The highest BCUT2D eigenvalue weighted by atomic mass is 32.1. The van der Waals surface area contributed by atoms with Crippen molar-refractivity contribution in [1.82, 2.24) is 10.3 Å². The number of nitrogens with zero attached hydrogens (tertiary/aromatic N) is 1. The predicted molar refractivity (Wildman–Crippen MR) is 77.9 cm³/mol. The van der Waals surface area contributed by atoms with Crippen molar-refractivity contribution < 1.29 is 9.53 Å². The van der Waals surface area contributed by atoms with Crippen LogP contribution in [0.2, 0.25) is 0 Å². The molecule has 0 saturated heterocycles. The number of hydrogen-bond donors (Lipinski definition) is 2. The molecule has 104 valence electrons.